The molecule has 0 aliphatic rings. The molecule has 0 aliphatic carbocycles. The number of nitrogens with zero attached hydrogens (tertiary/aromatic N) is 4. The van der Waals surface area contributed by atoms with Crippen LogP contribution in [0.15, 0.2) is 24.5 Å². The summed E-state index contributed by atoms with van der Waals surface area (Å²) >= 11 is 0. The molecule has 1 unspecified atom stereocenters. The van der Waals surface area contributed by atoms with E-state index in [1.807, 2.05) is 26.8 Å². The summed E-state index contributed by atoms with van der Waals surface area (Å²) in [5.74, 6) is -0.861. The molecule has 0 amide bonds. The fraction of sp³-hybridized carbons (Fsp3) is 0.400. The highest BCUT2D eigenvalue weighted by atomic mass is 16.5. The van der Waals surface area contributed by atoms with Gasteiger partial charge in [-0.1, -0.05) is 0 Å². The first kappa shape index (κ1) is 19.8. The molecule has 0 radical (unpaired) electrons. The van der Waals surface area contributed by atoms with Crippen molar-refractivity contribution in [3.8, 4) is 0 Å². The van der Waals surface area contributed by atoms with Crippen LogP contribution in [-0.4, -0.2) is 51.2 Å². The van der Waals surface area contributed by atoms with Crippen molar-refractivity contribution in [2.45, 2.75) is 33.7 Å². The Bertz CT molecular complexity index is 1030. The molecule has 3 aromatic heterocycles. The number of carbonyl (C=O) groups excluding carboxylic acids is 2. The van der Waals surface area contributed by atoms with Crippen LogP contribution >= 0.6 is 0 Å². The Morgan fingerprint density at radius 1 is 1.25 bits per heavy atom. The van der Waals surface area contributed by atoms with E-state index in [0.29, 0.717) is 23.5 Å². The minimum Gasteiger partial charge on any atom is -0.454 e. The molecule has 1 atom stereocenters. The third-order valence-electron chi connectivity index (χ3n) is 4.74. The van der Waals surface area contributed by atoms with E-state index < -0.39 is 5.97 Å². The van der Waals surface area contributed by atoms with Crippen molar-refractivity contribution in [1.29, 1.82) is 0 Å². The Morgan fingerprint density at radius 2 is 2.00 bits per heavy atom. The second-order valence-electron chi connectivity index (χ2n) is 6.81. The van der Waals surface area contributed by atoms with E-state index in [0.717, 1.165) is 11.4 Å². The van der Waals surface area contributed by atoms with E-state index in [-0.39, 0.29) is 24.0 Å². The van der Waals surface area contributed by atoms with Gasteiger partial charge in [0.15, 0.2) is 12.3 Å². The molecule has 3 aromatic rings. The van der Waals surface area contributed by atoms with Gasteiger partial charge in [0.2, 0.25) is 5.78 Å². The van der Waals surface area contributed by atoms with Gasteiger partial charge in [-0.3, -0.25) is 4.79 Å². The Morgan fingerprint density at radius 3 is 2.71 bits per heavy atom. The van der Waals surface area contributed by atoms with Crippen LogP contribution in [0.5, 0.6) is 0 Å². The molecule has 0 spiro atoms. The lowest BCUT2D eigenvalue weighted by molar-refractivity contribution is 0.0475. The Labute approximate surface area is 163 Å². The van der Waals surface area contributed by atoms with Crippen molar-refractivity contribution in [2.24, 2.45) is 0 Å². The van der Waals surface area contributed by atoms with Crippen molar-refractivity contribution >= 4 is 17.4 Å². The third-order valence-corrected chi connectivity index (χ3v) is 4.74. The normalized spacial score (nSPS) is 12.3. The van der Waals surface area contributed by atoms with Crippen molar-refractivity contribution < 1.29 is 19.1 Å². The van der Waals surface area contributed by atoms with Gasteiger partial charge in [-0.05, 0) is 39.8 Å². The van der Waals surface area contributed by atoms with Gasteiger partial charge in [-0.25, -0.2) is 14.3 Å². The molecule has 28 heavy (non-hydrogen) atoms. The molecule has 0 fully saturated rings. The van der Waals surface area contributed by atoms with E-state index in [1.165, 1.54) is 4.52 Å². The first-order valence-corrected chi connectivity index (χ1v) is 9.02. The van der Waals surface area contributed by atoms with Crippen LogP contribution < -0.4 is 0 Å². The van der Waals surface area contributed by atoms with Gasteiger partial charge in [-0.2, -0.15) is 5.10 Å². The lowest BCUT2D eigenvalue weighted by Crippen LogP contribution is -2.17. The van der Waals surface area contributed by atoms with Crippen molar-refractivity contribution in [1.82, 2.24) is 19.2 Å². The maximum absolute atomic E-state index is 12.7. The highest BCUT2D eigenvalue weighted by molar-refractivity contribution is 6.02. The number of aromatic nitrogens is 4. The fourth-order valence-corrected chi connectivity index (χ4v) is 3.57. The number of methoxy groups -OCH3 is 1. The maximum atomic E-state index is 12.7. The maximum Gasteiger partial charge on any atom is 0.344 e. The number of hydrogen-bond donors (Lipinski definition) is 0. The zero-order valence-electron chi connectivity index (χ0n) is 16.7. The zero-order chi connectivity index (χ0) is 20.4. The first-order valence-electron chi connectivity index (χ1n) is 9.02. The van der Waals surface area contributed by atoms with Crippen LogP contribution in [0.2, 0.25) is 0 Å². The summed E-state index contributed by atoms with van der Waals surface area (Å²) in [6.07, 6.45) is 3.28. The minimum atomic E-state index is -0.610. The molecular weight excluding hydrogens is 360 g/mol. The zero-order valence-corrected chi connectivity index (χ0v) is 16.7. The number of fused-ring (bicyclic) bond motifs is 1. The molecule has 148 valence electrons. The smallest absolute Gasteiger partial charge is 0.344 e. The molecule has 0 aliphatic heterocycles. The summed E-state index contributed by atoms with van der Waals surface area (Å²) in [5, 5.41) is 4.24. The Balaban J connectivity index is 1.76. The molecule has 8 heteroatoms. The quantitative estimate of drug-likeness (QED) is 0.460. The standard InChI is InChI=1S/C20H24N4O4/c1-12-9-16(15(4)24(12)13(2)10-27-5)17(25)11-28-20(26)18-14(3)22-23-8-6-7-21-19(18)23/h6-9,13H,10-11H2,1-5H3. The third kappa shape index (κ3) is 3.55. The van der Waals surface area contributed by atoms with Crippen molar-refractivity contribution in [2.75, 3.05) is 20.3 Å². The van der Waals surface area contributed by atoms with Crippen LogP contribution in [0, 0.1) is 20.8 Å². The predicted molar refractivity (Wildman–Crippen MR) is 103 cm³/mol. The highest BCUT2D eigenvalue weighted by Crippen LogP contribution is 2.21. The summed E-state index contributed by atoms with van der Waals surface area (Å²) in [5.41, 5.74) is 3.51. The van der Waals surface area contributed by atoms with Crippen molar-refractivity contribution in [3.05, 3.63) is 52.7 Å². The number of ketones is 1. The predicted octanol–water partition coefficient (Wildman–Crippen LogP) is 2.70. The van der Waals surface area contributed by atoms with Crippen LogP contribution in [0.4, 0.5) is 0 Å². The van der Waals surface area contributed by atoms with Gasteiger partial charge >= 0.3 is 5.97 Å². The second kappa shape index (κ2) is 7.93. The average Bonchev–Trinajstić information content (AvgIpc) is 3.15. The largest absolute Gasteiger partial charge is 0.454 e. The molecule has 3 heterocycles. The average molecular weight is 384 g/mol. The number of aryl methyl sites for hydroxylation is 2. The molecule has 0 aromatic carbocycles. The summed E-state index contributed by atoms with van der Waals surface area (Å²) in [6.45, 7) is 7.76. The van der Waals surface area contributed by atoms with Gasteiger partial charge in [0.25, 0.3) is 0 Å². The first-order chi connectivity index (χ1) is 13.3. The van der Waals surface area contributed by atoms with Crippen molar-refractivity contribution in [3.63, 3.8) is 0 Å². The van der Waals surface area contributed by atoms with Crippen LogP contribution in [0.25, 0.3) is 5.65 Å². The molecule has 0 saturated heterocycles. The monoisotopic (exact) mass is 384 g/mol. The van der Waals surface area contributed by atoms with Crippen LogP contribution in [0.3, 0.4) is 0 Å². The molecule has 0 bridgehead atoms. The Hall–Kier alpha value is -3.00. The Kier molecular flexibility index (Phi) is 5.60. The van der Waals surface area contributed by atoms with E-state index >= 15 is 0 Å². The topological polar surface area (TPSA) is 87.7 Å². The number of rotatable bonds is 7. The molecule has 0 saturated carbocycles. The summed E-state index contributed by atoms with van der Waals surface area (Å²) < 4.78 is 14.1. The fourth-order valence-electron chi connectivity index (χ4n) is 3.57. The van der Waals surface area contributed by atoms with E-state index in [4.69, 9.17) is 9.47 Å². The number of hydrogen-bond acceptors (Lipinski definition) is 6. The molecule has 8 nitrogen and oxygen atoms in total. The van der Waals surface area contributed by atoms with E-state index in [1.54, 1.807) is 32.5 Å². The van der Waals surface area contributed by atoms with Gasteiger partial charge in [-0.15, -0.1) is 0 Å². The van der Waals surface area contributed by atoms with E-state index in [9.17, 15) is 9.59 Å². The highest BCUT2D eigenvalue weighted by Gasteiger charge is 2.23. The van der Waals surface area contributed by atoms with Gasteiger partial charge in [0, 0.05) is 36.5 Å². The van der Waals surface area contributed by atoms with Gasteiger partial charge < -0.3 is 14.0 Å². The number of esters is 1. The number of ether oxygens (including phenoxy) is 2. The number of Topliss-reactive ketones (excluding diaryl/α,β-unsaturated/α-hetero) is 1. The van der Waals surface area contributed by atoms with Gasteiger partial charge in [0.05, 0.1) is 18.3 Å². The summed E-state index contributed by atoms with van der Waals surface area (Å²) in [4.78, 5) is 29.4. The lowest BCUT2D eigenvalue weighted by Gasteiger charge is -2.17. The molecule has 3 rings (SSSR count). The summed E-state index contributed by atoms with van der Waals surface area (Å²) in [6, 6.07) is 3.64. The number of carbonyl (C=O) groups is 2. The lowest BCUT2D eigenvalue weighted by atomic mass is 10.1. The second-order valence-corrected chi connectivity index (χ2v) is 6.81. The molecular formula is C20H24N4O4. The SMILES string of the molecule is COCC(C)n1c(C)cc(C(=O)COC(=O)c2c(C)nn3cccnc23)c1C. The van der Waals surface area contributed by atoms with Crippen LogP contribution in [0.1, 0.15) is 50.8 Å². The van der Waals surface area contributed by atoms with Crippen LogP contribution in [-0.2, 0) is 9.47 Å². The molecule has 0 N–H and O–H groups in total. The van der Waals surface area contributed by atoms with Gasteiger partial charge in [0.1, 0.15) is 5.56 Å². The minimum absolute atomic E-state index is 0.0987. The summed E-state index contributed by atoms with van der Waals surface area (Å²) in [7, 11) is 1.65. The van der Waals surface area contributed by atoms with E-state index in [2.05, 4.69) is 14.6 Å².